The van der Waals surface area contributed by atoms with E-state index >= 15 is 4.39 Å². The highest BCUT2D eigenvalue weighted by Crippen LogP contribution is 2.66. The number of aromatic amines is 1. The van der Waals surface area contributed by atoms with E-state index in [4.69, 9.17) is 25.8 Å². The van der Waals surface area contributed by atoms with Gasteiger partial charge in [-0.25, -0.2) is 27.7 Å². The first-order valence-electron chi connectivity index (χ1n) is 7.90. The summed E-state index contributed by atoms with van der Waals surface area (Å²) in [6.45, 7) is 0.888. The summed E-state index contributed by atoms with van der Waals surface area (Å²) >= 11 is 0. The number of rotatable bonds is 8. The minimum absolute atomic E-state index is 0.377. The summed E-state index contributed by atoms with van der Waals surface area (Å²) in [6, 6.07) is 0. The second-order valence-electron chi connectivity index (χ2n) is 6.10. The minimum Gasteiger partial charge on any atom is -0.386 e. The lowest BCUT2D eigenvalue weighted by atomic mass is 9.95. The molecule has 6 N–H and O–H groups in total. The number of alkyl halides is 1. The number of hydrogen-bond acceptors (Lipinski definition) is 11. The molecule has 0 spiro atoms. The van der Waals surface area contributed by atoms with Gasteiger partial charge < -0.3 is 29.4 Å². The molecule has 17 nitrogen and oxygen atoms in total. The van der Waals surface area contributed by atoms with Gasteiger partial charge in [-0.3, -0.25) is 14.1 Å². The van der Waals surface area contributed by atoms with Crippen LogP contribution in [0.5, 0.6) is 0 Å². The molecule has 0 amide bonds. The number of nitrogens with zero attached hydrogens (tertiary/aromatic N) is 2. The van der Waals surface area contributed by atoms with Crippen molar-refractivity contribution in [3.8, 4) is 12.3 Å². The van der Waals surface area contributed by atoms with Gasteiger partial charge in [-0.05, 0) is 6.92 Å². The monoisotopic (exact) mass is 525 g/mol. The molecule has 180 valence electrons. The molecule has 1 aromatic rings. The molecule has 0 radical (unpaired) electrons. The van der Waals surface area contributed by atoms with Gasteiger partial charge in [0.2, 0.25) is 5.67 Å². The summed E-state index contributed by atoms with van der Waals surface area (Å²) in [6.07, 6.45) is -2.59. The molecule has 0 saturated carbocycles. The van der Waals surface area contributed by atoms with Crippen LogP contribution in [0.1, 0.15) is 13.2 Å². The molecule has 2 heterocycles. The average molecular weight is 525 g/mol. The quantitative estimate of drug-likeness (QED) is 0.163. The van der Waals surface area contributed by atoms with Crippen molar-refractivity contribution in [3.63, 3.8) is 0 Å². The summed E-state index contributed by atoms with van der Waals surface area (Å²) in [5, 5.41) is 10.3. The van der Waals surface area contributed by atoms with Crippen LogP contribution in [0.15, 0.2) is 15.9 Å². The lowest BCUT2D eigenvalue weighted by molar-refractivity contribution is -0.0784. The average Bonchev–Trinajstić information content (AvgIpc) is 2.84. The standard InChI is InChI=1S/C11H15FN3O14P3/c1-3-11(12)7(16)6(26-8(11)15-4-13-9(17)14-10(15)18)5(2)27-31(22,23)29-32(24,25)28-30(19,20)21/h1,4-8,16H,2H3,(H,22,23)(H,24,25)(H,14,17,18)(H2,19,20,21)/t5-,6+,7?,8+,11+/m0/s1. The van der Waals surface area contributed by atoms with Crippen LogP contribution in [0.25, 0.3) is 0 Å². The maximum atomic E-state index is 15.3. The summed E-state index contributed by atoms with van der Waals surface area (Å²) in [7, 11) is -17.1. The zero-order valence-corrected chi connectivity index (χ0v) is 18.2. The Hall–Kier alpha value is -1.57. The van der Waals surface area contributed by atoms with Crippen LogP contribution in [-0.2, 0) is 31.6 Å². The Morgan fingerprint density at radius 2 is 1.88 bits per heavy atom. The third kappa shape index (κ3) is 6.06. The van der Waals surface area contributed by atoms with Crippen molar-refractivity contribution < 1.29 is 60.6 Å². The fourth-order valence-corrected chi connectivity index (χ4v) is 5.79. The first-order valence-corrected chi connectivity index (χ1v) is 12.4. The molecule has 1 fully saturated rings. The highest BCUT2D eigenvalue weighted by atomic mass is 31.3. The van der Waals surface area contributed by atoms with Gasteiger partial charge in [0.25, 0.3) is 0 Å². The number of H-pyrrole nitrogens is 1. The maximum absolute atomic E-state index is 15.3. The number of halogens is 1. The largest absolute Gasteiger partial charge is 0.490 e. The lowest BCUT2D eigenvalue weighted by Gasteiger charge is -2.25. The number of aliphatic hydroxyl groups is 1. The van der Waals surface area contributed by atoms with E-state index in [0.717, 1.165) is 6.92 Å². The molecule has 1 aliphatic rings. The Labute approximate surface area is 176 Å². The van der Waals surface area contributed by atoms with E-state index in [9.17, 15) is 33.3 Å². The second kappa shape index (κ2) is 8.99. The summed E-state index contributed by atoms with van der Waals surface area (Å²) in [5.74, 6) is 1.56. The molecule has 0 aromatic carbocycles. The topological polar surface area (TPSA) is 257 Å². The number of phosphoric ester groups is 1. The van der Waals surface area contributed by atoms with E-state index in [2.05, 4.69) is 18.1 Å². The number of terminal acetylenes is 1. The molecule has 1 aliphatic heterocycles. The predicted molar refractivity (Wildman–Crippen MR) is 96.1 cm³/mol. The van der Waals surface area contributed by atoms with E-state index in [1.807, 2.05) is 0 Å². The first kappa shape index (κ1) is 26.7. The normalized spacial score (nSPS) is 30.8. The number of aromatic nitrogens is 3. The zero-order chi connectivity index (χ0) is 24.7. The molecular weight excluding hydrogens is 510 g/mol. The van der Waals surface area contributed by atoms with Crippen LogP contribution in [0.2, 0.25) is 0 Å². The Bertz CT molecular complexity index is 1170. The van der Waals surface area contributed by atoms with Gasteiger partial charge >= 0.3 is 34.8 Å². The van der Waals surface area contributed by atoms with Crippen molar-refractivity contribution in [2.24, 2.45) is 0 Å². The third-order valence-electron chi connectivity index (χ3n) is 3.79. The van der Waals surface area contributed by atoms with Gasteiger partial charge in [-0.1, -0.05) is 5.92 Å². The van der Waals surface area contributed by atoms with Crippen LogP contribution in [0.3, 0.4) is 0 Å². The third-order valence-corrected chi connectivity index (χ3v) is 7.71. The molecule has 7 atom stereocenters. The molecule has 1 saturated heterocycles. The first-order chi connectivity index (χ1) is 14.4. The Kier molecular flexibility index (Phi) is 7.50. The molecule has 21 heteroatoms. The molecule has 32 heavy (non-hydrogen) atoms. The minimum atomic E-state index is -5.84. The number of nitrogens with one attached hydrogen (secondary N) is 1. The van der Waals surface area contributed by atoms with Crippen molar-refractivity contribution >= 4 is 23.5 Å². The lowest BCUT2D eigenvalue weighted by Crippen LogP contribution is -2.46. The number of aliphatic hydroxyl groups excluding tert-OH is 1. The van der Waals surface area contributed by atoms with Gasteiger partial charge in [-0.2, -0.15) is 13.6 Å². The Balaban J connectivity index is 2.28. The van der Waals surface area contributed by atoms with Crippen LogP contribution in [0, 0.1) is 12.3 Å². The number of hydrogen-bond donors (Lipinski definition) is 6. The van der Waals surface area contributed by atoms with E-state index in [0.29, 0.717) is 10.9 Å². The van der Waals surface area contributed by atoms with E-state index in [-0.39, 0.29) is 0 Å². The smallest absolute Gasteiger partial charge is 0.386 e. The number of phosphoric acid groups is 3. The molecule has 2 rings (SSSR count). The SMILES string of the molecule is C#C[C@@]1(F)C(O)[C@@H]([C@H](C)OP(=O)(O)OP(=O)(O)OP(=O)(O)O)O[C@H]1n1cnc(=O)[nH]c1=O. The van der Waals surface area contributed by atoms with Crippen LogP contribution in [0.4, 0.5) is 4.39 Å². The summed E-state index contributed by atoms with van der Waals surface area (Å²) < 4.78 is 66.2. The summed E-state index contributed by atoms with van der Waals surface area (Å²) in [4.78, 5) is 63.6. The highest BCUT2D eigenvalue weighted by Gasteiger charge is 2.60. The van der Waals surface area contributed by atoms with Crippen LogP contribution >= 0.6 is 23.5 Å². The van der Waals surface area contributed by atoms with Crippen molar-refractivity contribution in [2.45, 2.75) is 37.1 Å². The van der Waals surface area contributed by atoms with Gasteiger partial charge in [0, 0.05) is 0 Å². The molecule has 1 aromatic heterocycles. The number of ether oxygens (including phenoxy) is 1. The zero-order valence-electron chi connectivity index (χ0n) is 15.5. The van der Waals surface area contributed by atoms with Crippen molar-refractivity contribution in [3.05, 3.63) is 27.3 Å². The van der Waals surface area contributed by atoms with E-state index < -0.39 is 65.1 Å². The predicted octanol–water partition coefficient (Wildman–Crippen LogP) is -1.74. The van der Waals surface area contributed by atoms with Crippen molar-refractivity contribution in [1.82, 2.24) is 14.5 Å². The highest BCUT2D eigenvalue weighted by molar-refractivity contribution is 7.66. The Morgan fingerprint density at radius 3 is 2.38 bits per heavy atom. The summed E-state index contributed by atoms with van der Waals surface area (Å²) in [5.41, 5.74) is -5.49. The van der Waals surface area contributed by atoms with Gasteiger partial charge in [-0.15, -0.1) is 6.42 Å². The van der Waals surface area contributed by atoms with Gasteiger partial charge in [0.05, 0.1) is 6.10 Å². The molecular formula is C11H15FN3O14P3. The van der Waals surface area contributed by atoms with Crippen LogP contribution in [-0.4, -0.2) is 63.2 Å². The van der Waals surface area contributed by atoms with Crippen LogP contribution < -0.4 is 11.4 Å². The van der Waals surface area contributed by atoms with Gasteiger partial charge in [0.1, 0.15) is 18.5 Å². The van der Waals surface area contributed by atoms with Crippen molar-refractivity contribution in [1.29, 1.82) is 0 Å². The van der Waals surface area contributed by atoms with Gasteiger partial charge in [0.15, 0.2) is 6.23 Å². The van der Waals surface area contributed by atoms with Crippen molar-refractivity contribution in [2.75, 3.05) is 0 Å². The molecule has 0 bridgehead atoms. The molecule has 3 unspecified atom stereocenters. The molecule has 0 aliphatic carbocycles. The second-order valence-corrected chi connectivity index (χ2v) is 10.5. The van der Waals surface area contributed by atoms with E-state index in [1.165, 1.54) is 0 Å². The fourth-order valence-electron chi connectivity index (χ4n) is 2.59. The van der Waals surface area contributed by atoms with E-state index in [1.54, 1.807) is 10.9 Å². The fraction of sp³-hybridized carbons (Fsp3) is 0.545. The maximum Gasteiger partial charge on any atom is 0.490 e. The Morgan fingerprint density at radius 1 is 1.28 bits per heavy atom.